The van der Waals surface area contributed by atoms with Gasteiger partial charge in [-0.15, -0.1) is 0 Å². The molecule has 6 nitrogen and oxygen atoms in total. The molecule has 1 amide bonds. The first-order valence-electron chi connectivity index (χ1n) is 10.4. The van der Waals surface area contributed by atoms with Gasteiger partial charge in [0.1, 0.15) is 6.29 Å². The molecule has 0 heterocycles. The molecule has 0 fully saturated rings. The Labute approximate surface area is 192 Å². The number of carbonyl (C=O) groups is 2. The Morgan fingerprint density at radius 2 is 1.48 bits per heavy atom. The first-order chi connectivity index (χ1) is 15.9. The van der Waals surface area contributed by atoms with E-state index in [1.807, 2.05) is 54.6 Å². The van der Waals surface area contributed by atoms with E-state index in [1.165, 1.54) is 24.3 Å². The summed E-state index contributed by atoms with van der Waals surface area (Å²) >= 11 is 0. The second kappa shape index (κ2) is 9.67. The minimum absolute atomic E-state index is 0.151. The van der Waals surface area contributed by atoms with Gasteiger partial charge in [-0.05, 0) is 59.2 Å². The van der Waals surface area contributed by atoms with Gasteiger partial charge < -0.3 is 10.1 Å². The summed E-state index contributed by atoms with van der Waals surface area (Å²) in [6.45, 7) is 0. The van der Waals surface area contributed by atoms with Crippen molar-refractivity contribution in [3.05, 3.63) is 108 Å². The lowest BCUT2D eigenvalue weighted by atomic mass is 10.1. The third kappa shape index (κ3) is 5.45. The number of benzene rings is 4. The summed E-state index contributed by atoms with van der Waals surface area (Å²) in [5.74, 6) is -0.410. The van der Waals surface area contributed by atoms with E-state index in [9.17, 15) is 18.0 Å². The van der Waals surface area contributed by atoms with Crippen molar-refractivity contribution in [1.82, 2.24) is 5.32 Å². The number of rotatable bonds is 8. The topological polar surface area (TPSA) is 92.3 Å². The van der Waals surface area contributed by atoms with E-state index in [0.29, 0.717) is 24.0 Å². The van der Waals surface area contributed by atoms with Crippen LogP contribution in [0.15, 0.2) is 102 Å². The second-order valence-corrected chi connectivity index (χ2v) is 9.28. The van der Waals surface area contributed by atoms with Crippen molar-refractivity contribution in [2.45, 2.75) is 17.4 Å². The van der Waals surface area contributed by atoms with Crippen LogP contribution >= 0.6 is 0 Å². The predicted molar refractivity (Wildman–Crippen MR) is 129 cm³/mol. The largest absolute Gasteiger partial charge is 0.342 e. The lowest BCUT2D eigenvalue weighted by Crippen LogP contribution is -2.37. The number of aldehydes is 1. The fraction of sp³-hybridized carbons (Fsp3) is 0.0769. The fourth-order valence-corrected chi connectivity index (χ4v) is 4.58. The third-order valence-corrected chi connectivity index (χ3v) is 6.59. The van der Waals surface area contributed by atoms with Crippen molar-refractivity contribution in [1.29, 1.82) is 0 Å². The SMILES string of the molecule is O=CC(Cc1ccccc1)NC(=O)c1ccc(NS(=O)(=O)c2ccc3ccccc3c2)cc1. The standard InChI is InChI=1S/C26H22N2O4S/c29-18-24(16-19-6-2-1-3-7-19)27-26(30)21-10-13-23(14-11-21)28-33(31,32)25-15-12-20-8-4-5-9-22(20)17-25/h1-15,17-18,24,28H,16H2,(H,27,30). The second-order valence-electron chi connectivity index (χ2n) is 7.60. The molecule has 0 spiro atoms. The van der Waals surface area contributed by atoms with Crippen molar-refractivity contribution in [2.24, 2.45) is 0 Å². The van der Waals surface area contributed by atoms with Crippen molar-refractivity contribution < 1.29 is 18.0 Å². The van der Waals surface area contributed by atoms with Crippen LogP contribution in [0.4, 0.5) is 5.69 Å². The van der Waals surface area contributed by atoms with E-state index < -0.39 is 22.0 Å². The zero-order chi connectivity index (χ0) is 23.3. The van der Waals surface area contributed by atoms with Crippen LogP contribution in [0.3, 0.4) is 0 Å². The van der Waals surface area contributed by atoms with Gasteiger partial charge in [-0.3, -0.25) is 9.52 Å². The van der Waals surface area contributed by atoms with Gasteiger partial charge in [-0.25, -0.2) is 8.42 Å². The van der Waals surface area contributed by atoms with Gasteiger partial charge in [0.15, 0.2) is 0 Å². The number of sulfonamides is 1. The van der Waals surface area contributed by atoms with Crippen LogP contribution in [0.2, 0.25) is 0 Å². The molecule has 0 saturated heterocycles. The maximum Gasteiger partial charge on any atom is 0.261 e. The highest BCUT2D eigenvalue weighted by Gasteiger charge is 2.16. The molecule has 166 valence electrons. The Balaban J connectivity index is 1.43. The van der Waals surface area contributed by atoms with Crippen LogP contribution in [-0.4, -0.2) is 26.7 Å². The van der Waals surface area contributed by atoms with E-state index >= 15 is 0 Å². The molecule has 0 radical (unpaired) electrons. The molecule has 4 aromatic carbocycles. The summed E-state index contributed by atoms with van der Waals surface area (Å²) in [6, 6.07) is 27.2. The highest BCUT2D eigenvalue weighted by atomic mass is 32.2. The van der Waals surface area contributed by atoms with Crippen molar-refractivity contribution in [2.75, 3.05) is 4.72 Å². The Hall–Kier alpha value is -3.97. The highest BCUT2D eigenvalue weighted by Crippen LogP contribution is 2.21. The fourth-order valence-electron chi connectivity index (χ4n) is 3.49. The minimum Gasteiger partial charge on any atom is -0.342 e. The van der Waals surface area contributed by atoms with E-state index in [1.54, 1.807) is 18.2 Å². The van der Waals surface area contributed by atoms with Gasteiger partial charge in [0, 0.05) is 11.3 Å². The van der Waals surface area contributed by atoms with Crippen LogP contribution < -0.4 is 10.0 Å². The number of carbonyl (C=O) groups excluding carboxylic acids is 2. The molecule has 0 aliphatic rings. The van der Waals surface area contributed by atoms with Crippen LogP contribution in [0, 0.1) is 0 Å². The van der Waals surface area contributed by atoms with Crippen molar-refractivity contribution in [3.8, 4) is 0 Å². The molecule has 1 atom stereocenters. The third-order valence-electron chi connectivity index (χ3n) is 5.21. The van der Waals surface area contributed by atoms with Crippen molar-refractivity contribution in [3.63, 3.8) is 0 Å². The normalized spacial score (nSPS) is 12.1. The molecule has 0 aromatic heterocycles. The Kier molecular flexibility index (Phi) is 6.51. The summed E-state index contributed by atoms with van der Waals surface area (Å²) in [6.07, 6.45) is 1.09. The van der Waals surface area contributed by atoms with E-state index in [2.05, 4.69) is 10.0 Å². The summed E-state index contributed by atoms with van der Waals surface area (Å²) in [5, 5.41) is 4.47. The molecule has 0 bridgehead atoms. The Morgan fingerprint density at radius 3 is 2.18 bits per heavy atom. The zero-order valence-corrected chi connectivity index (χ0v) is 18.5. The van der Waals surface area contributed by atoms with Crippen LogP contribution in [0.1, 0.15) is 15.9 Å². The highest BCUT2D eigenvalue weighted by molar-refractivity contribution is 7.92. The number of amides is 1. The average Bonchev–Trinajstić information content (AvgIpc) is 2.84. The first kappa shape index (κ1) is 22.2. The van der Waals surface area contributed by atoms with Crippen LogP contribution in [0.5, 0.6) is 0 Å². The molecule has 33 heavy (non-hydrogen) atoms. The lowest BCUT2D eigenvalue weighted by Gasteiger charge is -2.13. The molecular weight excluding hydrogens is 436 g/mol. The molecule has 1 unspecified atom stereocenters. The van der Waals surface area contributed by atoms with Crippen molar-refractivity contribution >= 4 is 38.7 Å². The van der Waals surface area contributed by atoms with Gasteiger partial charge in [-0.2, -0.15) is 0 Å². The molecule has 0 aliphatic carbocycles. The monoisotopic (exact) mass is 458 g/mol. The Morgan fingerprint density at radius 1 is 0.818 bits per heavy atom. The van der Waals surface area contributed by atoms with E-state index in [0.717, 1.165) is 16.3 Å². The molecule has 0 saturated carbocycles. The van der Waals surface area contributed by atoms with Gasteiger partial charge in [0.25, 0.3) is 15.9 Å². The lowest BCUT2D eigenvalue weighted by molar-refractivity contribution is -0.109. The zero-order valence-electron chi connectivity index (χ0n) is 17.6. The molecule has 2 N–H and O–H groups in total. The van der Waals surface area contributed by atoms with Crippen LogP contribution in [-0.2, 0) is 21.2 Å². The predicted octanol–water partition coefficient (Wildman–Crippen LogP) is 4.18. The maximum absolute atomic E-state index is 12.8. The van der Waals surface area contributed by atoms with Gasteiger partial charge in [0.2, 0.25) is 0 Å². The number of hydrogen-bond donors (Lipinski definition) is 2. The first-order valence-corrected chi connectivity index (χ1v) is 11.8. The minimum atomic E-state index is -3.79. The van der Waals surface area contributed by atoms with E-state index in [4.69, 9.17) is 0 Å². The summed E-state index contributed by atoms with van der Waals surface area (Å²) in [5.41, 5.74) is 1.59. The number of nitrogens with one attached hydrogen (secondary N) is 2. The molecule has 7 heteroatoms. The summed E-state index contributed by atoms with van der Waals surface area (Å²) in [7, 11) is -3.79. The van der Waals surface area contributed by atoms with Crippen LogP contribution in [0.25, 0.3) is 10.8 Å². The number of fused-ring (bicyclic) bond motifs is 1. The molecule has 4 aromatic rings. The van der Waals surface area contributed by atoms with Gasteiger partial charge in [-0.1, -0.05) is 60.7 Å². The van der Waals surface area contributed by atoms with E-state index in [-0.39, 0.29) is 4.90 Å². The van der Waals surface area contributed by atoms with Gasteiger partial charge in [0.05, 0.1) is 10.9 Å². The molecule has 4 rings (SSSR count). The quantitative estimate of drug-likeness (QED) is 0.388. The molecule has 0 aliphatic heterocycles. The molecular formula is C26H22N2O4S. The summed E-state index contributed by atoms with van der Waals surface area (Å²) < 4.78 is 28.1. The number of anilines is 1. The number of hydrogen-bond acceptors (Lipinski definition) is 4. The smallest absolute Gasteiger partial charge is 0.261 e. The average molecular weight is 459 g/mol. The maximum atomic E-state index is 12.8. The Bertz CT molecular complexity index is 1390. The van der Waals surface area contributed by atoms with Gasteiger partial charge >= 0.3 is 0 Å². The summed E-state index contributed by atoms with van der Waals surface area (Å²) in [4.78, 5) is 24.1.